The fourth-order valence-electron chi connectivity index (χ4n) is 1.76. The Morgan fingerprint density at radius 3 is 2.71 bits per heavy atom. The third kappa shape index (κ3) is 4.50. The third-order valence-electron chi connectivity index (χ3n) is 2.74. The molecule has 2 rings (SSSR count). The second kappa shape index (κ2) is 7.30. The number of benzene rings is 1. The fourth-order valence-corrected chi connectivity index (χ4v) is 1.97. The van der Waals surface area contributed by atoms with E-state index in [1.165, 1.54) is 6.07 Å². The van der Waals surface area contributed by atoms with Gasteiger partial charge in [-0.15, -0.1) is 0 Å². The molecule has 0 bridgehead atoms. The Kier molecular flexibility index (Phi) is 5.16. The zero-order valence-corrected chi connectivity index (χ0v) is 12.0. The summed E-state index contributed by atoms with van der Waals surface area (Å²) in [7, 11) is 0. The predicted molar refractivity (Wildman–Crippen MR) is 85.3 cm³/mol. The first-order valence-corrected chi connectivity index (χ1v) is 6.76. The molecule has 108 valence electrons. The van der Waals surface area contributed by atoms with Gasteiger partial charge in [0.1, 0.15) is 5.69 Å². The second-order valence-electron chi connectivity index (χ2n) is 4.23. The summed E-state index contributed by atoms with van der Waals surface area (Å²) >= 11 is 5.13. The lowest BCUT2D eigenvalue weighted by Crippen LogP contribution is -2.30. The van der Waals surface area contributed by atoms with E-state index in [1.54, 1.807) is 24.4 Å². The summed E-state index contributed by atoms with van der Waals surface area (Å²) in [5, 5.41) is 17.1. The maximum absolute atomic E-state index is 10.9. The van der Waals surface area contributed by atoms with E-state index in [1.807, 2.05) is 18.2 Å². The molecule has 0 aliphatic heterocycles. The van der Waals surface area contributed by atoms with Crippen molar-refractivity contribution >= 4 is 28.7 Å². The van der Waals surface area contributed by atoms with Gasteiger partial charge < -0.3 is 10.6 Å². The molecule has 6 nitrogen and oxygen atoms in total. The van der Waals surface area contributed by atoms with E-state index in [0.29, 0.717) is 17.3 Å². The molecular weight excluding hydrogens is 288 g/mol. The van der Waals surface area contributed by atoms with E-state index >= 15 is 0 Å². The first-order valence-electron chi connectivity index (χ1n) is 6.35. The quantitative estimate of drug-likeness (QED) is 0.502. The number of aromatic nitrogens is 1. The van der Waals surface area contributed by atoms with Crippen LogP contribution in [0.4, 0.5) is 11.4 Å². The Morgan fingerprint density at radius 1 is 1.24 bits per heavy atom. The molecule has 7 heteroatoms. The van der Waals surface area contributed by atoms with Gasteiger partial charge in [0.2, 0.25) is 0 Å². The van der Waals surface area contributed by atoms with Gasteiger partial charge in [-0.3, -0.25) is 15.1 Å². The van der Waals surface area contributed by atoms with Crippen molar-refractivity contribution in [3.63, 3.8) is 0 Å². The Hall–Kier alpha value is -2.54. The zero-order valence-electron chi connectivity index (χ0n) is 11.2. The van der Waals surface area contributed by atoms with Gasteiger partial charge in [-0.05, 0) is 30.4 Å². The smallest absolute Gasteiger partial charge is 0.292 e. The molecule has 0 saturated carbocycles. The molecule has 0 aliphatic carbocycles. The molecular formula is C14H14N4O2S. The lowest BCUT2D eigenvalue weighted by molar-refractivity contribution is -0.383. The number of rotatable bonds is 5. The van der Waals surface area contributed by atoms with Crippen LogP contribution in [0.1, 0.15) is 5.69 Å². The minimum absolute atomic E-state index is 0.00799. The number of nitro groups is 1. The van der Waals surface area contributed by atoms with Crippen LogP contribution in [-0.2, 0) is 6.42 Å². The van der Waals surface area contributed by atoms with Crippen LogP contribution >= 0.6 is 12.2 Å². The summed E-state index contributed by atoms with van der Waals surface area (Å²) in [6.45, 7) is 0.601. The number of hydrogen-bond acceptors (Lipinski definition) is 4. The van der Waals surface area contributed by atoms with Crippen molar-refractivity contribution in [2.24, 2.45) is 0 Å². The minimum Gasteiger partial charge on any atom is -0.362 e. The highest BCUT2D eigenvalue weighted by atomic mass is 32.1. The minimum atomic E-state index is -0.446. The van der Waals surface area contributed by atoms with Crippen LogP contribution in [-0.4, -0.2) is 21.6 Å². The van der Waals surface area contributed by atoms with Crippen LogP contribution in [0.15, 0.2) is 48.7 Å². The molecule has 0 atom stereocenters. The molecule has 0 radical (unpaired) electrons. The summed E-state index contributed by atoms with van der Waals surface area (Å²) in [5.74, 6) is 0. The number of pyridine rings is 1. The monoisotopic (exact) mass is 302 g/mol. The van der Waals surface area contributed by atoms with Crippen molar-refractivity contribution in [1.82, 2.24) is 10.3 Å². The second-order valence-corrected chi connectivity index (χ2v) is 4.63. The zero-order chi connectivity index (χ0) is 15.1. The van der Waals surface area contributed by atoms with Crippen molar-refractivity contribution in [2.75, 3.05) is 11.9 Å². The number of anilines is 1. The van der Waals surface area contributed by atoms with Gasteiger partial charge in [0.05, 0.1) is 4.92 Å². The van der Waals surface area contributed by atoms with Gasteiger partial charge in [-0.25, -0.2) is 0 Å². The molecule has 0 saturated heterocycles. The average Bonchev–Trinajstić information content (AvgIpc) is 2.48. The Bertz CT molecular complexity index is 634. The predicted octanol–water partition coefficient (Wildman–Crippen LogP) is 2.52. The van der Waals surface area contributed by atoms with Gasteiger partial charge in [0.25, 0.3) is 5.69 Å². The highest BCUT2D eigenvalue weighted by Gasteiger charge is 2.12. The molecule has 0 spiro atoms. The number of thiocarbonyl (C=S) groups is 1. The molecule has 1 aromatic carbocycles. The Balaban J connectivity index is 1.86. The first-order chi connectivity index (χ1) is 10.2. The highest BCUT2D eigenvalue weighted by molar-refractivity contribution is 7.80. The molecule has 0 fully saturated rings. The van der Waals surface area contributed by atoms with E-state index < -0.39 is 4.92 Å². The van der Waals surface area contributed by atoms with E-state index in [-0.39, 0.29) is 5.69 Å². The molecule has 0 amide bonds. The Labute approximate surface area is 127 Å². The van der Waals surface area contributed by atoms with Crippen LogP contribution in [0.2, 0.25) is 0 Å². The third-order valence-corrected chi connectivity index (χ3v) is 2.99. The van der Waals surface area contributed by atoms with Gasteiger partial charge in [-0.1, -0.05) is 18.2 Å². The van der Waals surface area contributed by atoms with E-state index in [9.17, 15) is 10.1 Å². The lowest BCUT2D eigenvalue weighted by atomic mass is 10.2. The highest BCUT2D eigenvalue weighted by Crippen LogP contribution is 2.22. The molecule has 0 aliphatic rings. The summed E-state index contributed by atoms with van der Waals surface area (Å²) in [6.07, 6.45) is 2.46. The van der Waals surface area contributed by atoms with E-state index in [2.05, 4.69) is 15.6 Å². The summed E-state index contributed by atoms with van der Waals surface area (Å²) < 4.78 is 0. The number of nitrogens with one attached hydrogen (secondary N) is 2. The number of nitro benzene ring substituents is 1. The van der Waals surface area contributed by atoms with Crippen molar-refractivity contribution in [3.05, 3.63) is 64.5 Å². The molecule has 1 heterocycles. The van der Waals surface area contributed by atoms with E-state index in [4.69, 9.17) is 12.2 Å². The molecule has 0 unspecified atom stereocenters. The van der Waals surface area contributed by atoms with Crippen LogP contribution in [0.25, 0.3) is 0 Å². The molecule has 2 N–H and O–H groups in total. The van der Waals surface area contributed by atoms with Gasteiger partial charge in [-0.2, -0.15) is 0 Å². The summed E-state index contributed by atoms with van der Waals surface area (Å²) in [6, 6.07) is 12.1. The van der Waals surface area contributed by atoms with Crippen LogP contribution < -0.4 is 10.6 Å². The van der Waals surface area contributed by atoms with Gasteiger partial charge >= 0.3 is 0 Å². The Morgan fingerprint density at radius 2 is 2.00 bits per heavy atom. The van der Waals surface area contributed by atoms with Crippen LogP contribution in [0.3, 0.4) is 0 Å². The normalized spacial score (nSPS) is 9.90. The van der Waals surface area contributed by atoms with Crippen molar-refractivity contribution in [2.45, 2.75) is 6.42 Å². The standard InChI is InChI=1S/C14H14N4O2S/c19-18(20)13-7-2-1-6-12(13)17-14(21)16-10-8-11-5-3-4-9-15-11/h1-7,9H,8,10H2,(H2,16,17,21). The lowest BCUT2D eigenvalue weighted by Gasteiger charge is -2.10. The maximum atomic E-state index is 10.9. The summed E-state index contributed by atoms with van der Waals surface area (Å²) in [5.41, 5.74) is 1.32. The van der Waals surface area contributed by atoms with Gasteiger partial charge in [0.15, 0.2) is 5.11 Å². The van der Waals surface area contributed by atoms with Gasteiger partial charge in [0, 0.05) is 30.9 Å². The average molecular weight is 302 g/mol. The molecule has 1 aromatic heterocycles. The summed E-state index contributed by atoms with van der Waals surface area (Å²) in [4.78, 5) is 14.7. The van der Waals surface area contributed by atoms with Crippen LogP contribution in [0.5, 0.6) is 0 Å². The number of para-hydroxylation sites is 2. The molecule has 2 aromatic rings. The first kappa shape index (κ1) is 14.9. The van der Waals surface area contributed by atoms with Crippen molar-refractivity contribution < 1.29 is 4.92 Å². The van der Waals surface area contributed by atoms with Crippen molar-refractivity contribution in [1.29, 1.82) is 0 Å². The topological polar surface area (TPSA) is 80.1 Å². The SMILES string of the molecule is O=[N+]([O-])c1ccccc1NC(=S)NCCc1ccccn1. The molecule has 21 heavy (non-hydrogen) atoms. The fraction of sp³-hybridized carbons (Fsp3) is 0.143. The number of nitrogens with zero attached hydrogens (tertiary/aromatic N) is 2. The number of hydrogen-bond donors (Lipinski definition) is 2. The van der Waals surface area contributed by atoms with E-state index in [0.717, 1.165) is 12.1 Å². The van der Waals surface area contributed by atoms with Crippen LogP contribution in [0, 0.1) is 10.1 Å². The largest absolute Gasteiger partial charge is 0.362 e. The van der Waals surface area contributed by atoms with Crippen molar-refractivity contribution in [3.8, 4) is 0 Å². The maximum Gasteiger partial charge on any atom is 0.292 e.